The summed E-state index contributed by atoms with van der Waals surface area (Å²) in [5.74, 6) is 0.228. The summed E-state index contributed by atoms with van der Waals surface area (Å²) in [5, 5.41) is 2.78. The second kappa shape index (κ2) is 5.76. The fraction of sp³-hybridized carbons (Fsp3) is 0.200. The molecule has 0 fully saturated rings. The van der Waals surface area contributed by atoms with E-state index >= 15 is 0 Å². The molecule has 0 radical (unpaired) electrons. The molecule has 2 heterocycles. The van der Waals surface area contributed by atoms with Crippen molar-refractivity contribution in [3.63, 3.8) is 0 Å². The Morgan fingerprint density at radius 2 is 2.00 bits per heavy atom. The Bertz CT molecular complexity index is 804. The van der Waals surface area contributed by atoms with Gasteiger partial charge in [-0.3, -0.25) is 9.52 Å². The van der Waals surface area contributed by atoms with Crippen molar-refractivity contribution in [2.45, 2.75) is 24.2 Å². The number of pyridine rings is 1. The standard InChI is InChI=1S/C15H15N3O3S/c19-15-6-3-4-11-10-12(7-8-13(11)17-15)22(20,21)18-14-5-1-2-9-16-14/h1-2,5,7-10H,3-4,6H2,(H,16,18)(H,17,19). The molecule has 7 heteroatoms. The first-order chi connectivity index (χ1) is 10.5. The van der Waals surface area contributed by atoms with Gasteiger partial charge in [0.1, 0.15) is 5.82 Å². The van der Waals surface area contributed by atoms with E-state index in [2.05, 4.69) is 15.0 Å². The molecule has 6 nitrogen and oxygen atoms in total. The number of carbonyl (C=O) groups excluding carboxylic acids is 1. The molecule has 0 bridgehead atoms. The van der Waals surface area contributed by atoms with Gasteiger partial charge in [-0.15, -0.1) is 0 Å². The van der Waals surface area contributed by atoms with Crippen LogP contribution in [0.25, 0.3) is 0 Å². The van der Waals surface area contributed by atoms with Gasteiger partial charge in [0, 0.05) is 18.3 Å². The SMILES string of the molecule is O=C1CCCc2cc(S(=O)(=O)Nc3ccccn3)ccc2N1. The van der Waals surface area contributed by atoms with Gasteiger partial charge in [0.2, 0.25) is 5.91 Å². The highest BCUT2D eigenvalue weighted by Gasteiger charge is 2.19. The Morgan fingerprint density at radius 3 is 2.77 bits per heavy atom. The van der Waals surface area contributed by atoms with Gasteiger partial charge in [-0.2, -0.15) is 0 Å². The molecule has 22 heavy (non-hydrogen) atoms. The highest BCUT2D eigenvalue weighted by molar-refractivity contribution is 7.92. The summed E-state index contributed by atoms with van der Waals surface area (Å²) in [7, 11) is -3.70. The highest BCUT2D eigenvalue weighted by atomic mass is 32.2. The van der Waals surface area contributed by atoms with Crippen LogP contribution in [0.5, 0.6) is 0 Å². The third kappa shape index (κ3) is 3.09. The molecule has 1 amide bonds. The first-order valence-electron chi connectivity index (χ1n) is 6.91. The maximum atomic E-state index is 12.4. The Balaban J connectivity index is 1.91. The molecule has 1 aliphatic rings. The quantitative estimate of drug-likeness (QED) is 0.908. The summed E-state index contributed by atoms with van der Waals surface area (Å²) < 4.78 is 27.2. The lowest BCUT2D eigenvalue weighted by Gasteiger charge is -2.11. The number of fused-ring (bicyclic) bond motifs is 1. The van der Waals surface area contributed by atoms with Gasteiger partial charge in [0.05, 0.1) is 4.90 Å². The number of hydrogen-bond donors (Lipinski definition) is 2. The monoisotopic (exact) mass is 317 g/mol. The van der Waals surface area contributed by atoms with Crippen molar-refractivity contribution < 1.29 is 13.2 Å². The predicted molar refractivity (Wildman–Crippen MR) is 83.1 cm³/mol. The average molecular weight is 317 g/mol. The lowest BCUT2D eigenvalue weighted by molar-refractivity contribution is -0.116. The molecule has 2 aromatic rings. The van der Waals surface area contributed by atoms with Gasteiger partial charge in [0.15, 0.2) is 0 Å². The van der Waals surface area contributed by atoms with E-state index in [0.29, 0.717) is 24.9 Å². The number of rotatable bonds is 3. The fourth-order valence-electron chi connectivity index (χ4n) is 2.34. The van der Waals surface area contributed by atoms with Crippen LogP contribution in [0.4, 0.5) is 11.5 Å². The molecule has 3 rings (SSSR count). The van der Waals surface area contributed by atoms with Gasteiger partial charge in [-0.25, -0.2) is 13.4 Å². The summed E-state index contributed by atoms with van der Waals surface area (Å²) in [4.78, 5) is 15.6. The molecule has 1 aromatic carbocycles. The van der Waals surface area contributed by atoms with Crippen molar-refractivity contribution in [1.82, 2.24) is 4.98 Å². The van der Waals surface area contributed by atoms with Gasteiger partial charge in [-0.05, 0) is 48.7 Å². The molecule has 1 aromatic heterocycles. The molecule has 0 atom stereocenters. The van der Waals surface area contributed by atoms with Crippen LogP contribution >= 0.6 is 0 Å². The normalized spacial score (nSPS) is 14.6. The van der Waals surface area contributed by atoms with E-state index in [1.165, 1.54) is 12.3 Å². The molecule has 0 aliphatic carbocycles. The second-order valence-corrected chi connectivity index (χ2v) is 6.72. The third-order valence-corrected chi connectivity index (χ3v) is 4.77. The van der Waals surface area contributed by atoms with Crippen molar-refractivity contribution >= 4 is 27.4 Å². The van der Waals surface area contributed by atoms with Gasteiger partial charge < -0.3 is 5.32 Å². The van der Waals surface area contributed by atoms with Crippen molar-refractivity contribution in [1.29, 1.82) is 0 Å². The van der Waals surface area contributed by atoms with Crippen molar-refractivity contribution in [3.05, 3.63) is 48.2 Å². The molecule has 1 aliphatic heterocycles. The average Bonchev–Trinajstić information content (AvgIpc) is 2.67. The number of amides is 1. The largest absolute Gasteiger partial charge is 0.326 e. The summed E-state index contributed by atoms with van der Waals surface area (Å²) >= 11 is 0. The Hall–Kier alpha value is -2.41. The van der Waals surface area contributed by atoms with Crippen LogP contribution in [0, 0.1) is 0 Å². The summed E-state index contributed by atoms with van der Waals surface area (Å²) in [6, 6.07) is 9.72. The smallest absolute Gasteiger partial charge is 0.263 e. The van der Waals surface area contributed by atoms with Crippen LogP contribution in [0.2, 0.25) is 0 Å². The molecule has 0 saturated carbocycles. The minimum absolute atomic E-state index is 0.0408. The number of anilines is 2. The zero-order valence-corrected chi connectivity index (χ0v) is 12.6. The number of aryl methyl sites for hydroxylation is 1. The van der Waals surface area contributed by atoms with Gasteiger partial charge in [0.25, 0.3) is 10.0 Å². The number of sulfonamides is 1. The molecule has 114 valence electrons. The lowest BCUT2D eigenvalue weighted by Crippen LogP contribution is -2.14. The van der Waals surface area contributed by atoms with Crippen molar-refractivity contribution in [3.8, 4) is 0 Å². The van der Waals surface area contributed by atoms with Crippen LogP contribution in [0.3, 0.4) is 0 Å². The van der Waals surface area contributed by atoms with E-state index in [1.807, 2.05) is 0 Å². The summed E-state index contributed by atoms with van der Waals surface area (Å²) in [6.07, 6.45) is 3.34. The summed E-state index contributed by atoms with van der Waals surface area (Å²) in [5.41, 5.74) is 1.51. The van der Waals surface area contributed by atoms with Gasteiger partial charge >= 0.3 is 0 Å². The van der Waals surface area contributed by atoms with E-state index in [9.17, 15) is 13.2 Å². The van der Waals surface area contributed by atoms with E-state index in [-0.39, 0.29) is 16.6 Å². The molecular formula is C15H15N3O3S. The topological polar surface area (TPSA) is 88.2 Å². The number of carbonyl (C=O) groups is 1. The molecule has 2 N–H and O–H groups in total. The summed E-state index contributed by atoms with van der Waals surface area (Å²) in [6.45, 7) is 0. The zero-order chi connectivity index (χ0) is 15.6. The zero-order valence-electron chi connectivity index (χ0n) is 11.7. The molecule has 0 saturated heterocycles. The fourth-order valence-corrected chi connectivity index (χ4v) is 3.40. The maximum absolute atomic E-state index is 12.4. The van der Waals surface area contributed by atoms with Crippen molar-refractivity contribution in [2.75, 3.05) is 10.0 Å². The Labute approximate surface area is 128 Å². The van der Waals surface area contributed by atoms with Crippen molar-refractivity contribution in [2.24, 2.45) is 0 Å². The van der Waals surface area contributed by atoms with Gasteiger partial charge in [-0.1, -0.05) is 6.07 Å². The minimum atomic E-state index is -3.70. The van der Waals surface area contributed by atoms with E-state index in [4.69, 9.17) is 0 Å². The first kappa shape index (κ1) is 14.5. The molecular weight excluding hydrogens is 302 g/mol. The Kier molecular flexibility index (Phi) is 3.81. The minimum Gasteiger partial charge on any atom is -0.326 e. The van der Waals surface area contributed by atoms with Crippen LogP contribution in [0.15, 0.2) is 47.5 Å². The molecule has 0 spiro atoms. The third-order valence-electron chi connectivity index (χ3n) is 3.41. The van der Waals surface area contributed by atoms with Crippen LogP contribution in [-0.2, 0) is 21.2 Å². The number of benzene rings is 1. The lowest BCUT2D eigenvalue weighted by atomic mass is 10.1. The highest BCUT2D eigenvalue weighted by Crippen LogP contribution is 2.25. The Morgan fingerprint density at radius 1 is 1.14 bits per heavy atom. The van der Waals surface area contributed by atoms with Crippen LogP contribution in [-0.4, -0.2) is 19.3 Å². The second-order valence-electron chi connectivity index (χ2n) is 5.04. The van der Waals surface area contributed by atoms with Crippen LogP contribution < -0.4 is 10.0 Å². The number of nitrogens with one attached hydrogen (secondary N) is 2. The van der Waals surface area contributed by atoms with E-state index in [0.717, 1.165) is 5.56 Å². The number of hydrogen-bond acceptors (Lipinski definition) is 4. The number of aromatic nitrogens is 1. The predicted octanol–water partition coefficient (Wildman–Crippen LogP) is 2.16. The molecule has 0 unspecified atom stereocenters. The van der Waals surface area contributed by atoms with Crippen LogP contribution in [0.1, 0.15) is 18.4 Å². The van der Waals surface area contributed by atoms with E-state index < -0.39 is 10.0 Å². The number of nitrogens with zero attached hydrogens (tertiary/aromatic N) is 1. The maximum Gasteiger partial charge on any atom is 0.263 e. The first-order valence-corrected chi connectivity index (χ1v) is 8.39. The van der Waals surface area contributed by atoms with E-state index in [1.54, 1.807) is 30.3 Å².